The molecule has 1 unspecified atom stereocenters. The number of hydrogen-bond donors (Lipinski definition) is 1. The summed E-state index contributed by atoms with van der Waals surface area (Å²) in [6.07, 6.45) is 1.01. The average molecular weight is 292 g/mol. The van der Waals surface area contributed by atoms with Crippen molar-refractivity contribution < 1.29 is 14.3 Å². The minimum Gasteiger partial charge on any atom is -0.486 e. The Hall–Kier alpha value is -1.75. The number of benzene rings is 1. The van der Waals surface area contributed by atoms with E-state index in [0.717, 1.165) is 23.5 Å². The summed E-state index contributed by atoms with van der Waals surface area (Å²) in [6, 6.07) is 6.18. The number of carbonyl (C=O) groups is 1. The number of fused-ring (bicyclic) bond motifs is 1. The van der Waals surface area contributed by atoms with Gasteiger partial charge in [-0.05, 0) is 31.0 Å². The van der Waals surface area contributed by atoms with Crippen molar-refractivity contribution in [2.45, 2.75) is 32.9 Å². The van der Waals surface area contributed by atoms with Gasteiger partial charge in [-0.25, -0.2) is 0 Å². The second-order valence-electron chi connectivity index (χ2n) is 5.42. The summed E-state index contributed by atoms with van der Waals surface area (Å²) in [4.78, 5) is 13.8. The highest BCUT2D eigenvalue weighted by Gasteiger charge is 2.14. The first-order valence-corrected chi connectivity index (χ1v) is 7.46. The number of nitrogens with zero attached hydrogens (tertiary/aromatic N) is 1. The molecule has 1 N–H and O–H groups in total. The molecule has 1 atom stereocenters. The van der Waals surface area contributed by atoms with Gasteiger partial charge in [-0.1, -0.05) is 13.0 Å². The second kappa shape index (κ2) is 7.31. The Bertz CT molecular complexity index is 490. The number of rotatable bonds is 6. The lowest BCUT2D eigenvalue weighted by atomic mass is 10.2. The maximum Gasteiger partial charge on any atom is 0.236 e. The van der Waals surface area contributed by atoms with Crippen molar-refractivity contribution in [2.75, 3.05) is 26.8 Å². The van der Waals surface area contributed by atoms with Crippen LogP contribution >= 0.6 is 0 Å². The summed E-state index contributed by atoms with van der Waals surface area (Å²) in [5.74, 6) is 1.62. The molecule has 1 aliphatic heterocycles. The van der Waals surface area contributed by atoms with Crippen LogP contribution in [-0.2, 0) is 11.3 Å². The van der Waals surface area contributed by atoms with Crippen molar-refractivity contribution in [2.24, 2.45) is 0 Å². The minimum absolute atomic E-state index is 0.0881. The van der Waals surface area contributed by atoms with Crippen molar-refractivity contribution in [1.82, 2.24) is 10.2 Å². The summed E-state index contributed by atoms with van der Waals surface area (Å²) in [7, 11) is 1.82. The van der Waals surface area contributed by atoms with Crippen LogP contribution in [0.2, 0.25) is 0 Å². The molecule has 0 saturated heterocycles. The molecule has 0 radical (unpaired) electrons. The van der Waals surface area contributed by atoms with E-state index in [1.54, 1.807) is 4.90 Å². The topological polar surface area (TPSA) is 50.8 Å². The first-order valence-electron chi connectivity index (χ1n) is 7.46. The van der Waals surface area contributed by atoms with E-state index >= 15 is 0 Å². The summed E-state index contributed by atoms with van der Waals surface area (Å²) < 4.78 is 11.1. The largest absolute Gasteiger partial charge is 0.486 e. The Morgan fingerprint density at radius 2 is 2.05 bits per heavy atom. The highest BCUT2D eigenvalue weighted by atomic mass is 16.6. The standard InChI is InChI=1S/C16H24N2O3/c1-4-12(2)17-10-16(19)18(3)11-13-5-6-14-15(9-13)21-8-7-20-14/h5-6,9,12,17H,4,7-8,10-11H2,1-3H3. The third kappa shape index (κ3) is 4.36. The fourth-order valence-electron chi connectivity index (χ4n) is 2.09. The van der Waals surface area contributed by atoms with Crippen LogP contribution in [0.15, 0.2) is 18.2 Å². The van der Waals surface area contributed by atoms with Crippen molar-refractivity contribution in [3.63, 3.8) is 0 Å². The van der Waals surface area contributed by atoms with E-state index in [9.17, 15) is 4.79 Å². The molecular formula is C16H24N2O3. The molecule has 0 saturated carbocycles. The van der Waals surface area contributed by atoms with Crippen LogP contribution in [0.3, 0.4) is 0 Å². The highest BCUT2D eigenvalue weighted by molar-refractivity contribution is 5.78. The van der Waals surface area contributed by atoms with Gasteiger partial charge in [-0.3, -0.25) is 4.79 Å². The zero-order valence-electron chi connectivity index (χ0n) is 13.0. The van der Waals surface area contributed by atoms with E-state index < -0.39 is 0 Å². The highest BCUT2D eigenvalue weighted by Crippen LogP contribution is 2.30. The Labute approximate surface area is 126 Å². The van der Waals surface area contributed by atoms with Gasteiger partial charge < -0.3 is 19.7 Å². The Morgan fingerprint density at radius 1 is 1.33 bits per heavy atom. The summed E-state index contributed by atoms with van der Waals surface area (Å²) in [5.41, 5.74) is 1.04. The number of hydrogen-bond acceptors (Lipinski definition) is 4. The molecule has 0 spiro atoms. The van der Waals surface area contributed by atoms with Crippen molar-refractivity contribution in [3.05, 3.63) is 23.8 Å². The van der Waals surface area contributed by atoms with Crippen molar-refractivity contribution in [1.29, 1.82) is 0 Å². The second-order valence-corrected chi connectivity index (χ2v) is 5.42. The van der Waals surface area contributed by atoms with Crippen LogP contribution in [0.25, 0.3) is 0 Å². The minimum atomic E-state index is 0.0881. The lowest BCUT2D eigenvalue weighted by Gasteiger charge is -2.22. The van der Waals surface area contributed by atoms with Gasteiger partial charge >= 0.3 is 0 Å². The van der Waals surface area contributed by atoms with E-state index in [1.165, 1.54) is 0 Å². The van der Waals surface area contributed by atoms with Crippen molar-refractivity contribution >= 4 is 5.91 Å². The molecule has 1 amide bonds. The van der Waals surface area contributed by atoms with Gasteiger partial charge in [0.1, 0.15) is 13.2 Å². The number of carbonyl (C=O) groups excluding carboxylic acids is 1. The maximum absolute atomic E-state index is 12.1. The molecule has 1 heterocycles. The summed E-state index contributed by atoms with van der Waals surface area (Å²) in [6.45, 7) is 6.28. The molecule has 1 aromatic rings. The molecule has 0 bridgehead atoms. The van der Waals surface area contributed by atoms with Gasteiger partial charge in [0, 0.05) is 19.6 Å². The van der Waals surface area contributed by atoms with Gasteiger partial charge in [-0.15, -0.1) is 0 Å². The normalized spacial score (nSPS) is 14.6. The number of ether oxygens (including phenoxy) is 2. The molecule has 116 valence electrons. The monoisotopic (exact) mass is 292 g/mol. The van der Waals surface area contributed by atoms with Crippen LogP contribution < -0.4 is 14.8 Å². The Balaban J connectivity index is 1.90. The molecular weight excluding hydrogens is 268 g/mol. The molecule has 1 aliphatic rings. The predicted molar refractivity (Wildman–Crippen MR) is 81.7 cm³/mol. The fourth-order valence-corrected chi connectivity index (χ4v) is 2.09. The fraction of sp³-hybridized carbons (Fsp3) is 0.562. The van der Waals surface area contributed by atoms with Crippen molar-refractivity contribution in [3.8, 4) is 11.5 Å². The van der Waals surface area contributed by atoms with E-state index in [2.05, 4.69) is 19.2 Å². The van der Waals surface area contributed by atoms with E-state index in [4.69, 9.17) is 9.47 Å². The van der Waals surface area contributed by atoms with Crippen LogP contribution in [0.5, 0.6) is 11.5 Å². The maximum atomic E-state index is 12.1. The number of nitrogens with one attached hydrogen (secondary N) is 1. The van der Waals surface area contributed by atoms with Gasteiger partial charge in [0.25, 0.3) is 0 Å². The average Bonchev–Trinajstić information content (AvgIpc) is 2.51. The third-order valence-corrected chi connectivity index (χ3v) is 3.67. The van der Waals surface area contributed by atoms with Gasteiger partial charge in [0.2, 0.25) is 5.91 Å². The Kier molecular flexibility index (Phi) is 5.44. The zero-order valence-corrected chi connectivity index (χ0v) is 13.0. The summed E-state index contributed by atoms with van der Waals surface area (Å²) in [5, 5.41) is 3.21. The van der Waals surface area contributed by atoms with Crippen LogP contribution in [0.1, 0.15) is 25.8 Å². The lowest BCUT2D eigenvalue weighted by molar-refractivity contribution is -0.129. The van der Waals surface area contributed by atoms with Crippen LogP contribution in [-0.4, -0.2) is 43.7 Å². The lowest BCUT2D eigenvalue weighted by Crippen LogP contribution is -2.38. The molecule has 2 rings (SSSR count). The van der Waals surface area contributed by atoms with Gasteiger partial charge in [0.15, 0.2) is 11.5 Å². The quantitative estimate of drug-likeness (QED) is 0.869. The van der Waals surface area contributed by atoms with E-state index in [1.807, 2.05) is 25.2 Å². The van der Waals surface area contributed by atoms with E-state index in [-0.39, 0.29) is 5.91 Å². The number of amides is 1. The van der Waals surface area contributed by atoms with Gasteiger partial charge in [-0.2, -0.15) is 0 Å². The molecule has 5 nitrogen and oxygen atoms in total. The molecule has 21 heavy (non-hydrogen) atoms. The van der Waals surface area contributed by atoms with Crippen LogP contribution in [0, 0.1) is 0 Å². The molecule has 0 fully saturated rings. The molecule has 1 aromatic carbocycles. The first-order chi connectivity index (χ1) is 10.1. The van der Waals surface area contributed by atoms with Gasteiger partial charge in [0.05, 0.1) is 6.54 Å². The summed E-state index contributed by atoms with van der Waals surface area (Å²) >= 11 is 0. The molecule has 5 heteroatoms. The Morgan fingerprint density at radius 3 is 2.76 bits per heavy atom. The van der Waals surface area contributed by atoms with Crippen LogP contribution in [0.4, 0.5) is 0 Å². The first kappa shape index (κ1) is 15.6. The molecule has 0 aliphatic carbocycles. The zero-order chi connectivity index (χ0) is 15.2. The molecule has 0 aromatic heterocycles. The third-order valence-electron chi connectivity index (χ3n) is 3.67. The SMILES string of the molecule is CCC(C)NCC(=O)N(C)Cc1ccc2c(c1)OCCO2. The number of likely N-dealkylation sites (N-methyl/N-ethyl adjacent to an activating group) is 1. The van der Waals surface area contributed by atoms with E-state index in [0.29, 0.717) is 32.3 Å². The predicted octanol–water partition coefficient (Wildman–Crippen LogP) is 1.80. The smallest absolute Gasteiger partial charge is 0.236 e.